The second-order valence-electron chi connectivity index (χ2n) is 8.81. The molecule has 0 atom stereocenters. The van der Waals surface area contributed by atoms with Crippen LogP contribution < -0.4 is 0 Å². The molecule has 0 aliphatic heterocycles. The van der Waals surface area contributed by atoms with Crippen molar-refractivity contribution in [2.24, 2.45) is 0 Å². The number of hydrogen-bond acceptors (Lipinski definition) is 2. The molecule has 0 aliphatic rings. The second-order valence-corrected chi connectivity index (χ2v) is 9.84. The summed E-state index contributed by atoms with van der Waals surface area (Å²) >= 11 is 1.75. The average molecular weight is 479 g/mol. The Hall–Kier alpha value is -4.52. The molecule has 6 aromatic rings. The highest BCUT2D eigenvalue weighted by molar-refractivity contribution is 7.21. The Labute approximate surface area is 215 Å². The van der Waals surface area contributed by atoms with Gasteiger partial charge in [-0.25, -0.2) is 9.83 Å². The summed E-state index contributed by atoms with van der Waals surface area (Å²) in [6.07, 6.45) is 0. The summed E-state index contributed by atoms with van der Waals surface area (Å²) in [5.74, 6) is 0. The zero-order chi connectivity index (χ0) is 24.5. The normalized spacial score (nSPS) is 10.9. The molecule has 170 valence electrons. The lowest BCUT2D eigenvalue weighted by molar-refractivity contribution is 1.41. The summed E-state index contributed by atoms with van der Waals surface area (Å²) in [5.41, 5.74) is 11.0. The lowest BCUT2D eigenvalue weighted by atomic mass is 9.96. The molecule has 6 rings (SSSR count). The molecule has 2 nitrogen and oxygen atoms in total. The molecule has 0 saturated heterocycles. The minimum atomic E-state index is 0.659. The van der Waals surface area contributed by atoms with Gasteiger partial charge in [0.25, 0.3) is 0 Å². The Morgan fingerprint density at radius 1 is 0.611 bits per heavy atom. The topological polar surface area (TPSA) is 17.2 Å². The molecule has 0 radical (unpaired) electrons. The van der Waals surface area contributed by atoms with E-state index in [2.05, 4.69) is 96.7 Å². The minimum Gasteiger partial charge on any atom is -0.238 e. The maximum atomic E-state index is 7.16. The summed E-state index contributed by atoms with van der Waals surface area (Å²) in [6, 6.07) is 39.9. The Morgan fingerprint density at radius 3 is 1.89 bits per heavy atom. The van der Waals surface area contributed by atoms with E-state index in [4.69, 9.17) is 11.6 Å². The van der Waals surface area contributed by atoms with E-state index in [0.717, 1.165) is 27.2 Å². The quantitative estimate of drug-likeness (QED) is 0.230. The van der Waals surface area contributed by atoms with Crippen LogP contribution in [0.25, 0.3) is 59.0 Å². The molecule has 1 aromatic heterocycles. The zero-order valence-electron chi connectivity index (χ0n) is 19.8. The van der Waals surface area contributed by atoms with Crippen molar-refractivity contribution < 1.29 is 0 Å². The molecular formula is C33H22N2S. The van der Waals surface area contributed by atoms with Crippen LogP contribution in [0, 0.1) is 13.5 Å². The number of aryl methyl sites for hydroxylation is 1. The molecule has 0 bridgehead atoms. The van der Waals surface area contributed by atoms with Crippen LogP contribution in [0.3, 0.4) is 0 Å². The van der Waals surface area contributed by atoms with E-state index in [1.807, 2.05) is 30.3 Å². The Kier molecular flexibility index (Phi) is 5.65. The minimum absolute atomic E-state index is 0.659. The third-order valence-electron chi connectivity index (χ3n) is 6.50. The smallest absolute Gasteiger partial charge is 0.187 e. The number of nitrogens with zero attached hydrogens (tertiary/aromatic N) is 2. The van der Waals surface area contributed by atoms with Crippen molar-refractivity contribution in [3.8, 4) is 44.0 Å². The molecule has 5 aromatic carbocycles. The van der Waals surface area contributed by atoms with Crippen molar-refractivity contribution in [3.05, 3.63) is 132 Å². The van der Waals surface area contributed by atoms with Crippen LogP contribution in [0.2, 0.25) is 0 Å². The molecule has 0 N–H and O–H groups in total. The van der Waals surface area contributed by atoms with E-state index in [-0.39, 0.29) is 0 Å². The standard InChI is InChI=1S/C33H22N2S/c1-22-8-6-7-11-29(22)33-35-32-30(26-9-4-3-5-10-26)20-27(21-31(32)36-33)25-14-12-23(13-15-25)24-16-18-28(34-2)19-17-24/h3-21H,1H3. The van der Waals surface area contributed by atoms with Gasteiger partial charge in [0.05, 0.1) is 16.8 Å². The highest BCUT2D eigenvalue weighted by Crippen LogP contribution is 2.40. The first-order chi connectivity index (χ1) is 17.7. The van der Waals surface area contributed by atoms with Gasteiger partial charge in [-0.3, -0.25) is 0 Å². The predicted molar refractivity (Wildman–Crippen MR) is 152 cm³/mol. The van der Waals surface area contributed by atoms with Gasteiger partial charge in [0.1, 0.15) is 5.01 Å². The largest absolute Gasteiger partial charge is 0.238 e. The van der Waals surface area contributed by atoms with Crippen LogP contribution in [-0.2, 0) is 0 Å². The summed E-state index contributed by atoms with van der Waals surface area (Å²) < 4.78 is 1.18. The number of rotatable bonds is 4. The fourth-order valence-electron chi connectivity index (χ4n) is 4.55. The number of thiazole rings is 1. The van der Waals surface area contributed by atoms with E-state index in [9.17, 15) is 0 Å². The molecule has 3 heteroatoms. The van der Waals surface area contributed by atoms with Crippen LogP contribution in [0.1, 0.15) is 5.56 Å². The van der Waals surface area contributed by atoms with E-state index in [0.29, 0.717) is 5.69 Å². The maximum absolute atomic E-state index is 7.16. The zero-order valence-corrected chi connectivity index (χ0v) is 20.6. The number of aromatic nitrogens is 1. The average Bonchev–Trinajstić information content (AvgIpc) is 3.37. The Balaban J connectivity index is 1.47. The van der Waals surface area contributed by atoms with Crippen LogP contribution in [0.5, 0.6) is 0 Å². The molecular weight excluding hydrogens is 456 g/mol. The van der Waals surface area contributed by atoms with E-state index in [1.165, 1.54) is 32.5 Å². The monoisotopic (exact) mass is 478 g/mol. The molecule has 0 unspecified atom stereocenters. The maximum Gasteiger partial charge on any atom is 0.187 e. The molecule has 36 heavy (non-hydrogen) atoms. The van der Waals surface area contributed by atoms with Gasteiger partial charge in [-0.05, 0) is 52.4 Å². The molecule has 0 spiro atoms. The van der Waals surface area contributed by atoms with Crippen LogP contribution >= 0.6 is 11.3 Å². The third-order valence-corrected chi connectivity index (χ3v) is 7.54. The van der Waals surface area contributed by atoms with Crippen molar-refractivity contribution >= 4 is 27.2 Å². The summed E-state index contributed by atoms with van der Waals surface area (Å²) in [4.78, 5) is 8.61. The fourth-order valence-corrected chi connectivity index (χ4v) is 5.67. The number of fused-ring (bicyclic) bond motifs is 1. The van der Waals surface area contributed by atoms with Crippen molar-refractivity contribution in [1.29, 1.82) is 0 Å². The van der Waals surface area contributed by atoms with Gasteiger partial charge in [-0.2, -0.15) is 0 Å². The summed E-state index contributed by atoms with van der Waals surface area (Å²) in [6.45, 7) is 9.30. The third kappa shape index (κ3) is 4.09. The molecule has 1 heterocycles. The predicted octanol–water partition coefficient (Wildman–Crippen LogP) is 9.82. The Bertz CT molecular complexity index is 1720. The number of benzene rings is 5. The lowest BCUT2D eigenvalue weighted by Gasteiger charge is -2.09. The summed E-state index contributed by atoms with van der Waals surface area (Å²) in [7, 11) is 0. The van der Waals surface area contributed by atoms with Crippen LogP contribution in [0.15, 0.2) is 115 Å². The van der Waals surface area contributed by atoms with Gasteiger partial charge < -0.3 is 0 Å². The lowest BCUT2D eigenvalue weighted by Crippen LogP contribution is -1.86. The van der Waals surface area contributed by atoms with Gasteiger partial charge in [0, 0.05) is 11.1 Å². The fraction of sp³-hybridized carbons (Fsp3) is 0.0303. The van der Waals surface area contributed by atoms with Crippen LogP contribution in [-0.4, -0.2) is 4.98 Å². The Morgan fingerprint density at radius 2 is 1.22 bits per heavy atom. The van der Waals surface area contributed by atoms with Crippen molar-refractivity contribution in [2.75, 3.05) is 0 Å². The molecule has 0 saturated carbocycles. The van der Waals surface area contributed by atoms with E-state index in [1.54, 1.807) is 11.3 Å². The molecule has 0 aliphatic carbocycles. The van der Waals surface area contributed by atoms with Gasteiger partial charge in [0.15, 0.2) is 5.69 Å². The van der Waals surface area contributed by atoms with Gasteiger partial charge in [0.2, 0.25) is 0 Å². The summed E-state index contributed by atoms with van der Waals surface area (Å²) in [5, 5.41) is 1.05. The van der Waals surface area contributed by atoms with E-state index >= 15 is 0 Å². The SMILES string of the molecule is [C-]#[N+]c1ccc(-c2ccc(-c3cc(-c4ccccc4)c4nc(-c5ccccc5C)sc4c3)cc2)cc1. The number of hydrogen-bond donors (Lipinski definition) is 0. The first-order valence-electron chi connectivity index (χ1n) is 11.8. The van der Waals surface area contributed by atoms with Crippen molar-refractivity contribution in [3.63, 3.8) is 0 Å². The van der Waals surface area contributed by atoms with Crippen LogP contribution in [0.4, 0.5) is 5.69 Å². The van der Waals surface area contributed by atoms with Gasteiger partial charge in [-0.15, -0.1) is 11.3 Å². The molecule has 0 fully saturated rings. The van der Waals surface area contributed by atoms with Gasteiger partial charge >= 0.3 is 0 Å². The van der Waals surface area contributed by atoms with Crippen molar-refractivity contribution in [1.82, 2.24) is 4.98 Å². The van der Waals surface area contributed by atoms with E-state index < -0.39 is 0 Å². The van der Waals surface area contributed by atoms with Crippen molar-refractivity contribution in [2.45, 2.75) is 6.92 Å². The highest BCUT2D eigenvalue weighted by atomic mass is 32.1. The first-order valence-corrected chi connectivity index (χ1v) is 12.7. The van der Waals surface area contributed by atoms with Gasteiger partial charge in [-0.1, -0.05) is 103 Å². The molecule has 0 amide bonds. The first kappa shape index (κ1) is 22.0. The second kappa shape index (κ2) is 9.26. The highest BCUT2D eigenvalue weighted by Gasteiger charge is 2.15.